The number of nitrogens with zero attached hydrogens (tertiary/aromatic N) is 2. The Morgan fingerprint density at radius 1 is 0.714 bits per heavy atom. The number of hydrogen-bond donors (Lipinski definition) is 2. The van der Waals surface area contributed by atoms with E-state index in [0.717, 1.165) is 21.9 Å². The highest BCUT2D eigenvalue weighted by Crippen LogP contribution is 2.38. The molecule has 0 bridgehead atoms. The van der Waals surface area contributed by atoms with Gasteiger partial charge in [-0.05, 0) is 69.9 Å². The van der Waals surface area contributed by atoms with Gasteiger partial charge < -0.3 is 11.5 Å². The molecule has 0 saturated heterocycles. The number of aromatic nitrogens is 2. The molecule has 2 aromatic carbocycles. The van der Waals surface area contributed by atoms with Crippen LogP contribution in [-0.4, -0.2) is 21.8 Å². The van der Waals surface area contributed by atoms with Crippen LogP contribution < -0.4 is 11.5 Å². The van der Waals surface area contributed by atoms with Crippen LogP contribution in [0.5, 0.6) is 0 Å². The van der Waals surface area contributed by atoms with Crippen molar-refractivity contribution in [1.82, 2.24) is 9.97 Å². The van der Waals surface area contributed by atoms with Gasteiger partial charge in [0.1, 0.15) is 0 Å². The molecule has 2 heterocycles. The number of nitrogens with two attached hydrogens (primary N) is 2. The number of rotatable bonds is 4. The summed E-state index contributed by atoms with van der Waals surface area (Å²) in [6.07, 6.45) is 6.61. The molecule has 0 unspecified atom stereocenters. The van der Waals surface area contributed by atoms with Gasteiger partial charge in [0.05, 0.1) is 5.56 Å². The minimum Gasteiger partial charge on any atom is -0.366 e. The van der Waals surface area contributed by atoms with E-state index < -0.39 is 11.8 Å². The molecule has 0 aliphatic rings. The molecular weight excluding hydrogens is 352 g/mol. The normalized spacial score (nSPS) is 10.7. The summed E-state index contributed by atoms with van der Waals surface area (Å²) in [6, 6.07) is 14.3. The molecule has 2 amide bonds. The summed E-state index contributed by atoms with van der Waals surface area (Å²) in [7, 11) is 0. The van der Waals surface area contributed by atoms with Gasteiger partial charge >= 0.3 is 0 Å². The Kier molecular flexibility index (Phi) is 4.29. The Balaban J connectivity index is 2.17. The second-order valence-corrected chi connectivity index (χ2v) is 6.31. The molecular formula is C22H16N4O2. The van der Waals surface area contributed by atoms with Crippen LogP contribution in [0.1, 0.15) is 20.7 Å². The first-order valence-electron chi connectivity index (χ1n) is 8.57. The van der Waals surface area contributed by atoms with E-state index in [9.17, 15) is 9.59 Å². The smallest absolute Gasteiger partial charge is 0.249 e. The number of amides is 2. The first-order valence-corrected chi connectivity index (χ1v) is 8.57. The number of hydrogen-bond acceptors (Lipinski definition) is 4. The summed E-state index contributed by atoms with van der Waals surface area (Å²) in [4.78, 5) is 32.3. The van der Waals surface area contributed by atoms with Gasteiger partial charge in [-0.3, -0.25) is 19.6 Å². The molecule has 0 radical (unpaired) electrons. The average molecular weight is 368 g/mol. The van der Waals surface area contributed by atoms with Gasteiger partial charge in [-0.2, -0.15) is 0 Å². The van der Waals surface area contributed by atoms with Crippen molar-refractivity contribution in [2.75, 3.05) is 0 Å². The quantitative estimate of drug-likeness (QED) is 0.576. The molecule has 136 valence electrons. The molecule has 6 nitrogen and oxygen atoms in total. The van der Waals surface area contributed by atoms with Gasteiger partial charge in [0.25, 0.3) is 0 Å². The predicted octanol–water partition coefficient (Wildman–Crippen LogP) is 3.16. The lowest BCUT2D eigenvalue weighted by Crippen LogP contribution is -2.15. The van der Waals surface area contributed by atoms with Crippen molar-refractivity contribution in [3.8, 4) is 22.3 Å². The third-order valence-corrected chi connectivity index (χ3v) is 4.63. The minimum absolute atomic E-state index is 0.390. The molecule has 4 N–H and O–H groups in total. The molecule has 4 rings (SSSR count). The fraction of sp³-hybridized carbons (Fsp3) is 0. The molecule has 0 aliphatic heterocycles. The van der Waals surface area contributed by atoms with E-state index in [0.29, 0.717) is 22.3 Å². The molecule has 0 atom stereocenters. The Morgan fingerprint density at radius 3 is 1.89 bits per heavy atom. The van der Waals surface area contributed by atoms with E-state index >= 15 is 0 Å². The van der Waals surface area contributed by atoms with Gasteiger partial charge in [0, 0.05) is 35.9 Å². The van der Waals surface area contributed by atoms with Gasteiger partial charge in [0.2, 0.25) is 11.8 Å². The van der Waals surface area contributed by atoms with Crippen LogP contribution in [0.15, 0.2) is 73.3 Å². The van der Waals surface area contributed by atoms with Crippen LogP contribution in [0.3, 0.4) is 0 Å². The molecule has 0 spiro atoms. The summed E-state index contributed by atoms with van der Waals surface area (Å²) in [5.74, 6) is -1.06. The number of fused-ring (bicyclic) bond motifs is 1. The molecule has 0 fully saturated rings. The standard InChI is InChI=1S/C22H16N4O2/c23-21(27)15-1-2-17-16(11-15)12-18(13-3-7-25-8-4-13)20(22(24)28)19(17)14-5-9-26-10-6-14/h1-12H,(H2,23,27)(H2,24,28). The Labute approximate surface area is 160 Å². The Bertz CT molecular complexity index is 1210. The number of primary amides is 2. The monoisotopic (exact) mass is 368 g/mol. The molecule has 6 heteroatoms. The van der Waals surface area contributed by atoms with Crippen LogP contribution in [-0.2, 0) is 0 Å². The van der Waals surface area contributed by atoms with Crippen molar-refractivity contribution in [3.63, 3.8) is 0 Å². The van der Waals surface area contributed by atoms with Gasteiger partial charge in [-0.15, -0.1) is 0 Å². The maximum absolute atomic E-state index is 12.5. The number of benzene rings is 2. The lowest BCUT2D eigenvalue weighted by molar-refractivity contribution is 0.0992. The third kappa shape index (κ3) is 2.97. The Hall–Kier alpha value is -4.06. The van der Waals surface area contributed by atoms with Gasteiger partial charge in [-0.25, -0.2) is 0 Å². The number of carbonyl (C=O) groups excluding carboxylic acids is 2. The second-order valence-electron chi connectivity index (χ2n) is 6.31. The van der Waals surface area contributed by atoms with Crippen LogP contribution >= 0.6 is 0 Å². The van der Waals surface area contributed by atoms with Crippen molar-refractivity contribution < 1.29 is 9.59 Å². The summed E-state index contributed by atoms with van der Waals surface area (Å²) < 4.78 is 0. The zero-order chi connectivity index (χ0) is 19.7. The lowest BCUT2D eigenvalue weighted by atomic mass is 9.86. The van der Waals surface area contributed by atoms with Crippen molar-refractivity contribution in [1.29, 1.82) is 0 Å². The molecule has 2 aromatic heterocycles. The second kappa shape index (κ2) is 6.92. The fourth-order valence-electron chi connectivity index (χ4n) is 3.39. The largest absolute Gasteiger partial charge is 0.366 e. The van der Waals surface area contributed by atoms with Crippen molar-refractivity contribution in [3.05, 3.63) is 84.4 Å². The van der Waals surface area contributed by atoms with Crippen LogP contribution in [0, 0.1) is 0 Å². The summed E-state index contributed by atoms with van der Waals surface area (Å²) in [5, 5.41) is 1.57. The van der Waals surface area contributed by atoms with Crippen molar-refractivity contribution in [2.45, 2.75) is 0 Å². The Morgan fingerprint density at radius 2 is 1.32 bits per heavy atom. The van der Waals surface area contributed by atoms with Crippen LogP contribution in [0.25, 0.3) is 33.0 Å². The first-order chi connectivity index (χ1) is 13.6. The van der Waals surface area contributed by atoms with Crippen LogP contribution in [0.4, 0.5) is 0 Å². The van der Waals surface area contributed by atoms with Gasteiger partial charge in [-0.1, -0.05) is 6.07 Å². The van der Waals surface area contributed by atoms with Gasteiger partial charge in [0.15, 0.2) is 0 Å². The minimum atomic E-state index is -0.542. The fourth-order valence-corrected chi connectivity index (χ4v) is 3.39. The third-order valence-electron chi connectivity index (χ3n) is 4.63. The summed E-state index contributed by atoms with van der Waals surface area (Å²) in [5.41, 5.74) is 15.0. The summed E-state index contributed by atoms with van der Waals surface area (Å²) in [6.45, 7) is 0. The van der Waals surface area contributed by atoms with E-state index in [-0.39, 0.29) is 0 Å². The zero-order valence-electron chi connectivity index (χ0n) is 14.8. The average Bonchev–Trinajstić information content (AvgIpc) is 2.73. The van der Waals surface area contributed by atoms with E-state index in [4.69, 9.17) is 11.5 Å². The van der Waals surface area contributed by atoms with Crippen LogP contribution in [0.2, 0.25) is 0 Å². The SMILES string of the molecule is NC(=O)c1ccc2c(-c3ccncc3)c(C(N)=O)c(-c3ccncc3)cc2c1. The van der Waals surface area contributed by atoms with E-state index in [1.807, 2.05) is 30.3 Å². The highest BCUT2D eigenvalue weighted by molar-refractivity contribution is 6.15. The summed E-state index contributed by atoms with van der Waals surface area (Å²) >= 11 is 0. The topological polar surface area (TPSA) is 112 Å². The van der Waals surface area contributed by atoms with E-state index in [1.165, 1.54) is 0 Å². The van der Waals surface area contributed by atoms with Crippen molar-refractivity contribution >= 4 is 22.6 Å². The number of carbonyl (C=O) groups is 2. The number of pyridine rings is 2. The predicted molar refractivity (Wildman–Crippen MR) is 107 cm³/mol. The highest BCUT2D eigenvalue weighted by Gasteiger charge is 2.20. The maximum Gasteiger partial charge on any atom is 0.249 e. The molecule has 0 saturated carbocycles. The van der Waals surface area contributed by atoms with E-state index in [2.05, 4.69) is 9.97 Å². The van der Waals surface area contributed by atoms with E-state index in [1.54, 1.807) is 43.0 Å². The maximum atomic E-state index is 12.5. The highest BCUT2D eigenvalue weighted by atomic mass is 16.1. The molecule has 0 aliphatic carbocycles. The molecule has 4 aromatic rings. The first kappa shape index (κ1) is 17.4. The molecule has 28 heavy (non-hydrogen) atoms. The van der Waals surface area contributed by atoms with Crippen molar-refractivity contribution in [2.24, 2.45) is 11.5 Å². The lowest BCUT2D eigenvalue weighted by Gasteiger charge is -2.17. The zero-order valence-corrected chi connectivity index (χ0v) is 14.8.